The minimum Gasteiger partial charge on any atom is -0.330 e. The quantitative estimate of drug-likeness (QED) is 0.717. The van der Waals surface area contributed by atoms with Crippen LogP contribution in [0.5, 0.6) is 0 Å². The van der Waals surface area contributed by atoms with Gasteiger partial charge in [-0.1, -0.05) is 40.0 Å². The number of rotatable bonds is 7. The van der Waals surface area contributed by atoms with E-state index in [1.165, 1.54) is 32.1 Å². The van der Waals surface area contributed by atoms with Crippen molar-refractivity contribution in [3.8, 4) is 0 Å². The molecular formula is C15H32N2. The molecule has 3 N–H and O–H groups in total. The van der Waals surface area contributed by atoms with Gasteiger partial charge >= 0.3 is 0 Å². The van der Waals surface area contributed by atoms with Crippen LogP contribution in [0.15, 0.2) is 0 Å². The van der Waals surface area contributed by atoms with Crippen molar-refractivity contribution in [2.24, 2.45) is 23.0 Å². The summed E-state index contributed by atoms with van der Waals surface area (Å²) in [7, 11) is 0. The van der Waals surface area contributed by atoms with Crippen molar-refractivity contribution in [1.29, 1.82) is 0 Å². The van der Waals surface area contributed by atoms with Gasteiger partial charge in [-0.15, -0.1) is 0 Å². The van der Waals surface area contributed by atoms with E-state index in [0.29, 0.717) is 11.3 Å². The molecule has 0 heterocycles. The van der Waals surface area contributed by atoms with E-state index in [-0.39, 0.29) is 0 Å². The van der Waals surface area contributed by atoms with E-state index in [1.54, 1.807) is 0 Å². The molecule has 1 atom stereocenters. The van der Waals surface area contributed by atoms with Crippen LogP contribution in [0.25, 0.3) is 0 Å². The van der Waals surface area contributed by atoms with Gasteiger partial charge in [-0.25, -0.2) is 0 Å². The van der Waals surface area contributed by atoms with Gasteiger partial charge in [-0.3, -0.25) is 0 Å². The summed E-state index contributed by atoms with van der Waals surface area (Å²) in [6.45, 7) is 10.2. The Morgan fingerprint density at radius 1 is 1.24 bits per heavy atom. The van der Waals surface area contributed by atoms with Crippen molar-refractivity contribution in [3.63, 3.8) is 0 Å². The minimum absolute atomic E-state index is 0.461. The summed E-state index contributed by atoms with van der Waals surface area (Å²) in [6, 6.07) is 0. The molecule has 1 saturated carbocycles. The SMILES string of the molecule is CC(CCN)CNCC(C)(C)C1CCCCC1. The summed E-state index contributed by atoms with van der Waals surface area (Å²) < 4.78 is 0. The molecule has 17 heavy (non-hydrogen) atoms. The summed E-state index contributed by atoms with van der Waals surface area (Å²) in [5.74, 6) is 1.63. The van der Waals surface area contributed by atoms with Crippen LogP contribution in [0.4, 0.5) is 0 Å². The Bertz CT molecular complexity index is 195. The van der Waals surface area contributed by atoms with E-state index in [0.717, 1.165) is 32.0 Å². The van der Waals surface area contributed by atoms with Crippen molar-refractivity contribution in [3.05, 3.63) is 0 Å². The van der Waals surface area contributed by atoms with E-state index < -0.39 is 0 Å². The van der Waals surface area contributed by atoms with Gasteiger partial charge in [0.15, 0.2) is 0 Å². The lowest BCUT2D eigenvalue weighted by Gasteiger charge is -2.37. The molecule has 1 unspecified atom stereocenters. The predicted octanol–water partition coefficient (Wildman–Crippen LogP) is 3.17. The summed E-state index contributed by atoms with van der Waals surface area (Å²) in [4.78, 5) is 0. The maximum absolute atomic E-state index is 5.58. The summed E-state index contributed by atoms with van der Waals surface area (Å²) in [5.41, 5.74) is 6.04. The third-order valence-corrected chi connectivity index (χ3v) is 4.44. The molecule has 0 spiro atoms. The first-order valence-electron chi connectivity index (χ1n) is 7.47. The number of nitrogens with two attached hydrogens (primary N) is 1. The van der Waals surface area contributed by atoms with Crippen LogP contribution in [0, 0.1) is 17.3 Å². The molecule has 1 aliphatic carbocycles. The highest BCUT2D eigenvalue weighted by Gasteiger charge is 2.30. The molecule has 1 aliphatic rings. The van der Waals surface area contributed by atoms with Crippen LogP contribution in [0.2, 0.25) is 0 Å². The molecule has 0 aliphatic heterocycles. The normalized spacial score (nSPS) is 20.5. The van der Waals surface area contributed by atoms with Crippen molar-refractivity contribution in [1.82, 2.24) is 5.32 Å². The number of hydrogen-bond donors (Lipinski definition) is 2. The molecule has 2 heteroatoms. The second kappa shape index (κ2) is 7.38. The summed E-state index contributed by atoms with van der Waals surface area (Å²) in [5, 5.41) is 3.65. The van der Waals surface area contributed by atoms with Crippen LogP contribution in [-0.4, -0.2) is 19.6 Å². The fourth-order valence-electron chi connectivity index (χ4n) is 3.06. The zero-order valence-electron chi connectivity index (χ0n) is 12.1. The first kappa shape index (κ1) is 15.0. The zero-order chi connectivity index (χ0) is 12.7. The predicted molar refractivity (Wildman–Crippen MR) is 76.1 cm³/mol. The van der Waals surface area contributed by atoms with Gasteiger partial charge in [-0.05, 0) is 49.6 Å². The molecule has 0 bridgehead atoms. The summed E-state index contributed by atoms with van der Waals surface area (Å²) in [6.07, 6.45) is 8.35. The standard InChI is InChI=1S/C15H32N2/c1-13(9-10-16)11-17-12-15(2,3)14-7-5-4-6-8-14/h13-14,17H,4-12,16H2,1-3H3. The smallest absolute Gasteiger partial charge is 0.000528 e. The van der Waals surface area contributed by atoms with Crippen LogP contribution in [-0.2, 0) is 0 Å². The average molecular weight is 240 g/mol. The highest BCUT2D eigenvalue weighted by Crippen LogP contribution is 2.37. The van der Waals surface area contributed by atoms with Gasteiger partial charge in [0.1, 0.15) is 0 Å². The van der Waals surface area contributed by atoms with E-state index >= 15 is 0 Å². The van der Waals surface area contributed by atoms with Gasteiger partial charge in [0, 0.05) is 6.54 Å². The topological polar surface area (TPSA) is 38.0 Å². The van der Waals surface area contributed by atoms with Crippen LogP contribution in [0.1, 0.15) is 59.3 Å². The van der Waals surface area contributed by atoms with E-state index in [1.807, 2.05) is 0 Å². The molecule has 2 nitrogen and oxygen atoms in total. The maximum atomic E-state index is 5.58. The van der Waals surface area contributed by atoms with Crippen LogP contribution < -0.4 is 11.1 Å². The van der Waals surface area contributed by atoms with Gasteiger partial charge in [-0.2, -0.15) is 0 Å². The van der Waals surface area contributed by atoms with E-state index in [2.05, 4.69) is 26.1 Å². The van der Waals surface area contributed by atoms with Gasteiger partial charge in [0.25, 0.3) is 0 Å². The first-order valence-corrected chi connectivity index (χ1v) is 7.47. The molecule has 0 amide bonds. The Labute approximate surface area is 108 Å². The Balaban J connectivity index is 2.23. The van der Waals surface area contributed by atoms with Gasteiger partial charge < -0.3 is 11.1 Å². The Morgan fingerprint density at radius 3 is 2.47 bits per heavy atom. The number of nitrogens with one attached hydrogen (secondary N) is 1. The lowest BCUT2D eigenvalue weighted by atomic mass is 9.71. The molecule has 0 saturated heterocycles. The molecule has 0 radical (unpaired) electrons. The van der Waals surface area contributed by atoms with Crippen molar-refractivity contribution in [2.45, 2.75) is 59.3 Å². The second-order valence-corrected chi connectivity index (χ2v) is 6.64. The summed E-state index contributed by atoms with van der Waals surface area (Å²) >= 11 is 0. The van der Waals surface area contributed by atoms with Crippen molar-refractivity contribution < 1.29 is 0 Å². The third-order valence-electron chi connectivity index (χ3n) is 4.44. The lowest BCUT2D eigenvalue weighted by Crippen LogP contribution is -2.38. The van der Waals surface area contributed by atoms with Crippen molar-refractivity contribution in [2.75, 3.05) is 19.6 Å². The lowest BCUT2D eigenvalue weighted by molar-refractivity contribution is 0.152. The Hall–Kier alpha value is -0.0800. The maximum Gasteiger partial charge on any atom is 0.000528 e. The third kappa shape index (κ3) is 5.39. The molecule has 0 aromatic heterocycles. The van der Waals surface area contributed by atoms with Crippen LogP contribution >= 0.6 is 0 Å². The van der Waals surface area contributed by atoms with Gasteiger partial charge in [0.05, 0.1) is 0 Å². The molecule has 0 aromatic carbocycles. The van der Waals surface area contributed by atoms with E-state index in [4.69, 9.17) is 5.73 Å². The van der Waals surface area contributed by atoms with E-state index in [9.17, 15) is 0 Å². The number of hydrogen-bond acceptors (Lipinski definition) is 2. The Morgan fingerprint density at radius 2 is 1.88 bits per heavy atom. The second-order valence-electron chi connectivity index (χ2n) is 6.64. The zero-order valence-corrected chi connectivity index (χ0v) is 12.1. The minimum atomic E-state index is 0.461. The fourth-order valence-corrected chi connectivity index (χ4v) is 3.06. The molecule has 0 aromatic rings. The monoisotopic (exact) mass is 240 g/mol. The van der Waals surface area contributed by atoms with Crippen molar-refractivity contribution >= 4 is 0 Å². The van der Waals surface area contributed by atoms with Gasteiger partial charge in [0.2, 0.25) is 0 Å². The highest BCUT2D eigenvalue weighted by atomic mass is 14.9. The largest absolute Gasteiger partial charge is 0.330 e. The Kier molecular flexibility index (Phi) is 6.50. The molecule has 102 valence electrons. The molecular weight excluding hydrogens is 208 g/mol. The highest BCUT2D eigenvalue weighted by molar-refractivity contribution is 4.83. The fraction of sp³-hybridized carbons (Fsp3) is 1.00. The molecule has 1 fully saturated rings. The molecule has 1 rings (SSSR count). The average Bonchev–Trinajstić information content (AvgIpc) is 2.30. The first-order chi connectivity index (χ1) is 8.06. The van der Waals surface area contributed by atoms with Crippen LogP contribution in [0.3, 0.4) is 0 Å².